The van der Waals surface area contributed by atoms with Gasteiger partial charge in [0.25, 0.3) is 0 Å². The molecule has 0 saturated carbocycles. The minimum Gasteiger partial charge on any atom is -0.394 e. The molecule has 3 N–H and O–H groups in total. The van der Waals surface area contributed by atoms with Crippen molar-refractivity contribution in [3.63, 3.8) is 0 Å². The highest BCUT2D eigenvalue weighted by Crippen LogP contribution is 2.03. The van der Waals surface area contributed by atoms with Gasteiger partial charge in [0.1, 0.15) is 0 Å². The minimum atomic E-state index is -0.426. The van der Waals surface area contributed by atoms with E-state index in [0.717, 1.165) is 12.8 Å². The predicted octanol–water partition coefficient (Wildman–Crippen LogP) is 1.04. The summed E-state index contributed by atoms with van der Waals surface area (Å²) in [6.45, 7) is 9.66. The third-order valence-electron chi connectivity index (χ3n) is 2.51. The first-order valence-electron chi connectivity index (χ1n) is 6.01. The lowest BCUT2D eigenvalue weighted by atomic mass is 10.1. The lowest BCUT2D eigenvalue weighted by molar-refractivity contribution is -0.124. The van der Waals surface area contributed by atoms with Crippen molar-refractivity contribution in [3.05, 3.63) is 0 Å². The Morgan fingerprint density at radius 1 is 1.38 bits per heavy atom. The van der Waals surface area contributed by atoms with Crippen LogP contribution < -0.4 is 10.6 Å². The molecular formula is C12H26N2O2. The van der Waals surface area contributed by atoms with Crippen LogP contribution in [0.4, 0.5) is 0 Å². The molecule has 0 aromatic rings. The van der Waals surface area contributed by atoms with Crippen molar-refractivity contribution in [2.75, 3.05) is 6.61 Å². The van der Waals surface area contributed by atoms with Gasteiger partial charge in [-0.1, -0.05) is 13.3 Å². The third-order valence-corrected chi connectivity index (χ3v) is 2.51. The maximum absolute atomic E-state index is 11.8. The zero-order valence-electron chi connectivity index (χ0n) is 11.1. The summed E-state index contributed by atoms with van der Waals surface area (Å²) < 4.78 is 0. The van der Waals surface area contributed by atoms with Gasteiger partial charge in [0.05, 0.1) is 12.6 Å². The quantitative estimate of drug-likeness (QED) is 0.612. The van der Waals surface area contributed by atoms with E-state index in [2.05, 4.69) is 17.6 Å². The summed E-state index contributed by atoms with van der Waals surface area (Å²) in [4.78, 5) is 11.8. The van der Waals surface area contributed by atoms with Gasteiger partial charge in [0, 0.05) is 11.6 Å². The maximum atomic E-state index is 11.8. The summed E-state index contributed by atoms with van der Waals surface area (Å²) in [5, 5.41) is 15.1. The molecule has 1 amide bonds. The Bertz CT molecular complexity index is 217. The zero-order valence-corrected chi connectivity index (χ0v) is 11.1. The summed E-state index contributed by atoms with van der Waals surface area (Å²) in [7, 11) is 0. The van der Waals surface area contributed by atoms with E-state index in [1.807, 2.05) is 27.7 Å². The number of rotatable bonds is 7. The highest BCUT2D eigenvalue weighted by atomic mass is 16.3. The standard InChI is InChI=1S/C12H26N2O2/c1-6-7-9(2)13-11(16)10(3)14-12(4,5)8-15/h9-10,14-15H,6-8H2,1-5H3,(H,13,16). The molecular weight excluding hydrogens is 204 g/mol. The first kappa shape index (κ1) is 15.4. The van der Waals surface area contributed by atoms with E-state index < -0.39 is 5.54 Å². The predicted molar refractivity (Wildman–Crippen MR) is 66.3 cm³/mol. The van der Waals surface area contributed by atoms with Crippen LogP contribution in [0.25, 0.3) is 0 Å². The number of hydrogen-bond donors (Lipinski definition) is 3. The van der Waals surface area contributed by atoms with Crippen LogP contribution in [-0.2, 0) is 4.79 Å². The highest BCUT2D eigenvalue weighted by Gasteiger charge is 2.23. The summed E-state index contributed by atoms with van der Waals surface area (Å²) in [6.07, 6.45) is 2.05. The molecule has 4 nitrogen and oxygen atoms in total. The Morgan fingerprint density at radius 2 is 1.94 bits per heavy atom. The minimum absolute atomic E-state index is 0.00906. The Morgan fingerprint density at radius 3 is 2.38 bits per heavy atom. The van der Waals surface area contributed by atoms with E-state index in [1.165, 1.54) is 0 Å². The molecule has 0 spiro atoms. The van der Waals surface area contributed by atoms with Gasteiger partial charge in [-0.25, -0.2) is 0 Å². The molecule has 4 heteroatoms. The van der Waals surface area contributed by atoms with Crippen molar-refractivity contribution in [1.29, 1.82) is 0 Å². The summed E-state index contributed by atoms with van der Waals surface area (Å²) in [5.41, 5.74) is -0.426. The SMILES string of the molecule is CCCC(C)NC(=O)C(C)NC(C)(C)CO. The Hall–Kier alpha value is -0.610. The molecule has 2 atom stereocenters. The molecule has 0 heterocycles. The van der Waals surface area contributed by atoms with Crippen LogP contribution in [0.2, 0.25) is 0 Å². The van der Waals surface area contributed by atoms with Gasteiger partial charge in [0.15, 0.2) is 0 Å². The molecule has 16 heavy (non-hydrogen) atoms. The van der Waals surface area contributed by atoms with Crippen molar-refractivity contribution in [2.24, 2.45) is 0 Å². The average molecular weight is 230 g/mol. The van der Waals surface area contributed by atoms with E-state index in [0.29, 0.717) is 0 Å². The van der Waals surface area contributed by atoms with Crippen molar-refractivity contribution in [3.8, 4) is 0 Å². The molecule has 0 radical (unpaired) electrons. The monoisotopic (exact) mass is 230 g/mol. The summed E-state index contributed by atoms with van der Waals surface area (Å²) in [6, 6.07) is -0.0829. The molecule has 0 bridgehead atoms. The van der Waals surface area contributed by atoms with Crippen LogP contribution in [0.15, 0.2) is 0 Å². The number of aliphatic hydroxyl groups excluding tert-OH is 1. The molecule has 0 aromatic carbocycles. The van der Waals surface area contributed by atoms with E-state index >= 15 is 0 Å². The second-order valence-corrected chi connectivity index (χ2v) is 5.11. The Balaban J connectivity index is 4.09. The van der Waals surface area contributed by atoms with Gasteiger partial charge in [0.2, 0.25) is 5.91 Å². The summed E-state index contributed by atoms with van der Waals surface area (Å²) >= 11 is 0. The molecule has 0 saturated heterocycles. The van der Waals surface area contributed by atoms with Gasteiger partial charge in [-0.05, 0) is 34.1 Å². The third kappa shape index (κ3) is 6.08. The Labute approximate surface area is 98.8 Å². The molecule has 0 rings (SSSR count). The van der Waals surface area contributed by atoms with Crippen LogP contribution in [0.3, 0.4) is 0 Å². The van der Waals surface area contributed by atoms with Crippen LogP contribution in [0.1, 0.15) is 47.5 Å². The van der Waals surface area contributed by atoms with Crippen molar-refractivity contribution in [2.45, 2.75) is 65.1 Å². The molecule has 0 aliphatic heterocycles. The maximum Gasteiger partial charge on any atom is 0.237 e. The van der Waals surface area contributed by atoms with Crippen molar-refractivity contribution in [1.82, 2.24) is 10.6 Å². The molecule has 0 fully saturated rings. The van der Waals surface area contributed by atoms with E-state index in [1.54, 1.807) is 0 Å². The molecule has 96 valence electrons. The fraction of sp³-hybridized carbons (Fsp3) is 0.917. The fourth-order valence-corrected chi connectivity index (χ4v) is 1.57. The van der Waals surface area contributed by atoms with Crippen LogP contribution >= 0.6 is 0 Å². The van der Waals surface area contributed by atoms with Crippen LogP contribution in [0, 0.1) is 0 Å². The molecule has 0 aliphatic rings. The first-order valence-corrected chi connectivity index (χ1v) is 6.01. The Kier molecular flexibility index (Phi) is 6.60. The average Bonchev–Trinajstić information content (AvgIpc) is 2.17. The lowest BCUT2D eigenvalue weighted by Gasteiger charge is -2.28. The molecule has 2 unspecified atom stereocenters. The van der Waals surface area contributed by atoms with Gasteiger partial charge in [-0.2, -0.15) is 0 Å². The van der Waals surface area contributed by atoms with Gasteiger partial charge in [-0.3, -0.25) is 10.1 Å². The van der Waals surface area contributed by atoms with E-state index in [4.69, 9.17) is 5.11 Å². The highest BCUT2D eigenvalue weighted by molar-refractivity contribution is 5.81. The normalized spacial score (nSPS) is 15.6. The van der Waals surface area contributed by atoms with Gasteiger partial charge >= 0.3 is 0 Å². The first-order chi connectivity index (χ1) is 7.32. The zero-order chi connectivity index (χ0) is 12.8. The van der Waals surface area contributed by atoms with Crippen molar-refractivity contribution >= 4 is 5.91 Å². The largest absolute Gasteiger partial charge is 0.394 e. The fourth-order valence-electron chi connectivity index (χ4n) is 1.57. The van der Waals surface area contributed by atoms with Gasteiger partial charge in [-0.15, -0.1) is 0 Å². The smallest absolute Gasteiger partial charge is 0.237 e. The number of hydrogen-bond acceptors (Lipinski definition) is 3. The number of amides is 1. The molecule has 0 aromatic heterocycles. The number of aliphatic hydroxyl groups is 1. The second kappa shape index (κ2) is 6.86. The van der Waals surface area contributed by atoms with E-state index in [-0.39, 0.29) is 24.6 Å². The molecule has 0 aliphatic carbocycles. The number of carbonyl (C=O) groups is 1. The lowest BCUT2D eigenvalue weighted by Crippen LogP contribution is -2.54. The topological polar surface area (TPSA) is 61.4 Å². The number of carbonyl (C=O) groups excluding carboxylic acids is 1. The number of nitrogens with one attached hydrogen (secondary N) is 2. The van der Waals surface area contributed by atoms with Crippen LogP contribution in [0.5, 0.6) is 0 Å². The van der Waals surface area contributed by atoms with Gasteiger partial charge < -0.3 is 10.4 Å². The van der Waals surface area contributed by atoms with E-state index in [9.17, 15) is 4.79 Å². The second-order valence-electron chi connectivity index (χ2n) is 5.11. The van der Waals surface area contributed by atoms with Crippen molar-refractivity contribution < 1.29 is 9.90 Å². The van der Waals surface area contributed by atoms with Crippen LogP contribution in [-0.4, -0.2) is 35.2 Å². The summed E-state index contributed by atoms with van der Waals surface area (Å²) in [5.74, 6) is -0.0116.